The molecule has 2 aromatic heterocycles. The highest BCUT2D eigenvalue weighted by Gasteiger charge is 2.22. The van der Waals surface area contributed by atoms with Crippen LogP contribution in [0.4, 0.5) is 0 Å². The number of pyridine rings is 1. The van der Waals surface area contributed by atoms with Crippen molar-refractivity contribution in [2.75, 3.05) is 0 Å². The van der Waals surface area contributed by atoms with Crippen molar-refractivity contribution in [3.63, 3.8) is 0 Å². The van der Waals surface area contributed by atoms with Crippen molar-refractivity contribution in [2.24, 2.45) is 7.05 Å². The second-order valence-corrected chi connectivity index (χ2v) is 6.23. The van der Waals surface area contributed by atoms with Gasteiger partial charge in [0.15, 0.2) is 6.20 Å². The highest BCUT2D eigenvalue weighted by Crippen LogP contribution is 2.37. The third-order valence-electron chi connectivity index (χ3n) is 4.54. The van der Waals surface area contributed by atoms with Gasteiger partial charge >= 0.3 is 0 Å². The number of hydrogen-bond acceptors (Lipinski definition) is 2. The molecule has 4 rings (SSSR count). The zero-order chi connectivity index (χ0) is 16.8. The van der Waals surface area contributed by atoms with Crippen LogP contribution in [0.5, 0.6) is 0 Å². The minimum atomic E-state index is 0.675. The van der Waals surface area contributed by atoms with Crippen LogP contribution in [0.25, 0.3) is 33.2 Å². The van der Waals surface area contributed by atoms with Crippen molar-refractivity contribution in [1.29, 1.82) is 5.26 Å². The zero-order valence-electron chi connectivity index (χ0n) is 13.9. The number of rotatable bonds is 1. The molecule has 0 radical (unpaired) electrons. The number of fused-ring (bicyclic) bond motifs is 3. The molecule has 0 bridgehead atoms. The number of nitrogens with zero attached hydrogens (tertiary/aromatic N) is 2. The molecule has 4 aromatic rings. The maximum atomic E-state index is 9.92. The summed E-state index contributed by atoms with van der Waals surface area (Å²) >= 11 is 0. The number of hydrogen-bond donors (Lipinski definition) is 0. The van der Waals surface area contributed by atoms with Crippen LogP contribution in [0, 0.1) is 25.2 Å². The Labute approximate surface area is 140 Å². The van der Waals surface area contributed by atoms with Crippen LogP contribution in [0.1, 0.15) is 16.7 Å². The van der Waals surface area contributed by atoms with Gasteiger partial charge < -0.3 is 4.42 Å². The molecular formula is C21H17N2O+. The fraction of sp³-hybridized carbons (Fsp3) is 0.143. The van der Waals surface area contributed by atoms with Crippen molar-refractivity contribution in [2.45, 2.75) is 13.8 Å². The fourth-order valence-electron chi connectivity index (χ4n) is 3.40. The summed E-state index contributed by atoms with van der Waals surface area (Å²) in [5, 5.41) is 11.8. The van der Waals surface area contributed by atoms with Gasteiger partial charge in [0.1, 0.15) is 24.3 Å². The van der Waals surface area contributed by atoms with Crippen LogP contribution >= 0.6 is 0 Å². The lowest BCUT2D eigenvalue weighted by atomic mass is 9.94. The molecule has 2 heterocycles. The van der Waals surface area contributed by atoms with Gasteiger partial charge in [-0.05, 0) is 43.2 Å². The Morgan fingerprint density at radius 1 is 1.04 bits per heavy atom. The van der Waals surface area contributed by atoms with Gasteiger partial charge in [0.2, 0.25) is 5.69 Å². The van der Waals surface area contributed by atoms with Crippen LogP contribution in [0.2, 0.25) is 0 Å². The number of benzene rings is 2. The third kappa shape index (κ3) is 2.00. The van der Waals surface area contributed by atoms with Crippen molar-refractivity contribution in [1.82, 2.24) is 0 Å². The van der Waals surface area contributed by atoms with E-state index in [1.165, 1.54) is 0 Å². The Balaban J connectivity index is 2.20. The lowest BCUT2D eigenvalue weighted by molar-refractivity contribution is -0.660. The van der Waals surface area contributed by atoms with Gasteiger partial charge in [-0.3, -0.25) is 0 Å². The molecule has 3 nitrogen and oxygen atoms in total. The molecule has 0 aliphatic heterocycles. The molecule has 0 saturated heterocycles. The van der Waals surface area contributed by atoms with Gasteiger partial charge in [0.05, 0.1) is 11.1 Å². The standard InChI is InChI=1S/C21H17N2O/c1-13-7-8-15-18(10-13)24-19-11-14(2)20(16(12-22)21(15)19)17-6-4-5-9-23(17)3/h4-11H,1-3H3/q+1. The van der Waals surface area contributed by atoms with Crippen LogP contribution in [0.15, 0.2) is 53.1 Å². The van der Waals surface area contributed by atoms with Crippen LogP contribution in [0.3, 0.4) is 0 Å². The topological polar surface area (TPSA) is 40.8 Å². The molecule has 24 heavy (non-hydrogen) atoms. The van der Waals surface area contributed by atoms with E-state index in [1.54, 1.807) is 0 Å². The largest absolute Gasteiger partial charge is 0.456 e. The average Bonchev–Trinajstić information content (AvgIpc) is 2.91. The first-order chi connectivity index (χ1) is 11.6. The number of nitriles is 1. The Morgan fingerprint density at radius 3 is 2.62 bits per heavy atom. The number of furan rings is 1. The van der Waals surface area contributed by atoms with Crippen molar-refractivity contribution in [3.05, 3.63) is 65.4 Å². The molecule has 116 valence electrons. The zero-order valence-corrected chi connectivity index (χ0v) is 13.9. The SMILES string of the molecule is Cc1ccc2c(c1)oc1cc(C)c(-c3cccc[n+]3C)c(C#N)c12. The van der Waals surface area contributed by atoms with Crippen molar-refractivity contribution in [3.8, 4) is 17.3 Å². The molecule has 2 aromatic carbocycles. The molecule has 0 aliphatic rings. The first-order valence-corrected chi connectivity index (χ1v) is 7.91. The van der Waals surface area contributed by atoms with E-state index in [-0.39, 0.29) is 0 Å². The number of aryl methyl sites for hydroxylation is 3. The quantitative estimate of drug-likeness (QED) is 0.483. The fourth-order valence-corrected chi connectivity index (χ4v) is 3.40. The minimum Gasteiger partial charge on any atom is -0.456 e. The predicted octanol–water partition coefficient (Wildman–Crippen LogP) is 4.57. The summed E-state index contributed by atoms with van der Waals surface area (Å²) in [5.41, 5.74) is 6.45. The summed E-state index contributed by atoms with van der Waals surface area (Å²) in [6.07, 6.45) is 2.00. The molecule has 0 aliphatic carbocycles. The lowest BCUT2D eigenvalue weighted by Gasteiger charge is -2.07. The molecule has 0 N–H and O–H groups in total. The van der Waals surface area contributed by atoms with E-state index in [0.29, 0.717) is 5.56 Å². The first-order valence-electron chi connectivity index (χ1n) is 7.91. The molecule has 0 unspecified atom stereocenters. The maximum Gasteiger partial charge on any atom is 0.213 e. The predicted molar refractivity (Wildman–Crippen MR) is 94.5 cm³/mol. The summed E-state index contributed by atoms with van der Waals surface area (Å²) in [6, 6.07) is 16.6. The maximum absolute atomic E-state index is 9.92. The van der Waals surface area contributed by atoms with E-state index < -0.39 is 0 Å². The summed E-state index contributed by atoms with van der Waals surface area (Å²) in [6.45, 7) is 4.07. The van der Waals surface area contributed by atoms with Crippen molar-refractivity contribution >= 4 is 21.9 Å². The monoisotopic (exact) mass is 313 g/mol. The van der Waals surface area contributed by atoms with Crippen LogP contribution in [-0.4, -0.2) is 0 Å². The number of aromatic nitrogens is 1. The van der Waals surface area contributed by atoms with Crippen molar-refractivity contribution < 1.29 is 8.98 Å². The Kier molecular flexibility index (Phi) is 3.14. The van der Waals surface area contributed by atoms with Gasteiger partial charge in [0, 0.05) is 22.9 Å². The normalized spacial score (nSPS) is 11.1. The summed E-state index contributed by atoms with van der Waals surface area (Å²) in [5.74, 6) is 0. The molecule has 0 saturated carbocycles. The smallest absolute Gasteiger partial charge is 0.213 e. The molecule has 3 heteroatoms. The minimum absolute atomic E-state index is 0.675. The van der Waals surface area contributed by atoms with Crippen LogP contribution in [-0.2, 0) is 7.05 Å². The Morgan fingerprint density at radius 2 is 1.88 bits per heavy atom. The molecular weight excluding hydrogens is 296 g/mol. The van der Waals surface area contributed by atoms with E-state index in [2.05, 4.69) is 12.1 Å². The summed E-state index contributed by atoms with van der Waals surface area (Å²) < 4.78 is 8.06. The second-order valence-electron chi connectivity index (χ2n) is 6.23. The van der Waals surface area contributed by atoms with Gasteiger partial charge in [-0.25, -0.2) is 4.57 Å². The first kappa shape index (κ1) is 14.5. The van der Waals surface area contributed by atoms with Gasteiger partial charge in [-0.1, -0.05) is 12.1 Å². The van der Waals surface area contributed by atoms with E-state index in [9.17, 15) is 5.26 Å². The summed E-state index contributed by atoms with van der Waals surface area (Å²) in [4.78, 5) is 0. The van der Waals surface area contributed by atoms with E-state index in [4.69, 9.17) is 4.42 Å². The molecule has 0 spiro atoms. The van der Waals surface area contributed by atoms with E-state index in [1.807, 2.05) is 68.1 Å². The average molecular weight is 313 g/mol. The Bertz CT molecular complexity index is 1150. The molecule has 0 fully saturated rings. The second kappa shape index (κ2) is 5.21. The van der Waals surface area contributed by atoms with Crippen LogP contribution < -0.4 is 4.57 Å². The van der Waals surface area contributed by atoms with E-state index in [0.717, 1.165) is 44.3 Å². The Hall–Kier alpha value is -3.12. The van der Waals surface area contributed by atoms with Gasteiger partial charge in [0.25, 0.3) is 0 Å². The van der Waals surface area contributed by atoms with Gasteiger partial charge in [-0.15, -0.1) is 0 Å². The lowest BCUT2D eigenvalue weighted by Crippen LogP contribution is -2.30. The molecule has 0 amide bonds. The van der Waals surface area contributed by atoms with Gasteiger partial charge in [-0.2, -0.15) is 5.26 Å². The van der Waals surface area contributed by atoms with E-state index >= 15 is 0 Å². The summed E-state index contributed by atoms with van der Waals surface area (Å²) in [7, 11) is 2.00. The highest BCUT2D eigenvalue weighted by molar-refractivity contribution is 6.10. The molecule has 0 atom stereocenters. The third-order valence-corrected chi connectivity index (χ3v) is 4.54. The highest BCUT2D eigenvalue weighted by atomic mass is 16.3.